The summed E-state index contributed by atoms with van der Waals surface area (Å²) in [7, 11) is 0. The maximum atomic E-state index is 12.4. The lowest BCUT2D eigenvalue weighted by atomic mass is 10.2. The number of nitrogens with zero attached hydrogens (tertiary/aromatic N) is 1. The van der Waals surface area contributed by atoms with E-state index in [1.807, 2.05) is 67.6 Å². The van der Waals surface area contributed by atoms with E-state index in [1.54, 1.807) is 4.90 Å². The van der Waals surface area contributed by atoms with E-state index in [-0.39, 0.29) is 5.91 Å². The number of thioether (sulfide) groups is 1. The fraction of sp³-hybridized carbons (Fsp3) is 0.158. The maximum Gasteiger partial charge on any atom is 0.266 e. The van der Waals surface area contributed by atoms with E-state index in [1.165, 1.54) is 11.8 Å². The van der Waals surface area contributed by atoms with Crippen LogP contribution >= 0.6 is 24.0 Å². The van der Waals surface area contributed by atoms with Crippen LogP contribution < -0.4 is 4.74 Å². The van der Waals surface area contributed by atoms with Crippen molar-refractivity contribution in [3.8, 4) is 11.5 Å². The van der Waals surface area contributed by atoms with Gasteiger partial charge in [0, 0.05) is 6.54 Å². The standard InChI is InChI=1S/C19H17NO2S2/c1-2-11-20-18(21)17(24-19(20)23)13-14-7-6-10-16(12-14)22-15-8-4-3-5-9-15/h3-10,12-13H,2,11H2,1H3. The highest BCUT2D eigenvalue weighted by Crippen LogP contribution is 2.33. The van der Waals surface area contributed by atoms with Gasteiger partial charge in [0.25, 0.3) is 5.91 Å². The Morgan fingerprint density at radius 2 is 1.88 bits per heavy atom. The molecule has 1 fully saturated rings. The van der Waals surface area contributed by atoms with E-state index in [9.17, 15) is 4.79 Å². The molecule has 0 N–H and O–H groups in total. The predicted molar refractivity (Wildman–Crippen MR) is 103 cm³/mol. The summed E-state index contributed by atoms with van der Waals surface area (Å²) in [5.74, 6) is 1.50. The molecule has 0 aliphatic carbocycles. The van der Waals surface area contributed by atoms with E-state index in [0.717, 1.165) is 23.5 Å². The van der Waals surface area contributed by atoms with Gasteiger partial charge in [0.15, 0.2) is 0 Å². The van der Waals surface area contributed by atoms with Crippen LogP contribution in [0.4, 0.5) is 0 Å². The first-order valence-corrected chi connectivity index (χ1v) is 8.98. The Bertz CT molecular complexity index is 787. The zero-order valence-electron chi connectivity index (χ0n) is 13.3. The lowest BCUT2D eigenvalue weighted by Gasteiger charge is -2.11. The predicted octanol–water partition coefficient (Wildman–Crippen LogP) is 5.09. The molecule has 3 rings (SSSR count). The summed E-state index contributed by atoms with van der Waals surface area (Å²) in [5, 5.41) is 0. The Hall–Kier alpha value is -2.11. The molecule has 3 nitrogen and oxygen atoms in total. The summed E-state index contributed by atoms with van der Waals surface area (Å²) in [4.78, 5) is 14.7. The molecule has 0 aromatic heterocycles. The number of benzene rings is 2. The van der Waals surface area contributed by atoms with E-state index in [2.05, 4.69) is 0 Å². The van der Waals surface area contributed by atoms with Gasteiger partial charge in [-0.15, -0.1) is 0 Å². The molecule has 0 bridgehead atoms. The van der Waals surface area contributed by atoms with Gasteiger partial charge in [-0.1, -0.05) is 61.2 Å². The Balaban J connectivity index is 1.80. The number of hydrogen-bond acceptors (Lipinski definition) is 4. The quantitative estimate of drug-likeness (QED) is 0.552. The number of carbonyl (C=O) groups excluding carboxylic acids is 1. The number of para-hydroxylation sites is 1. The average molecular weight is 355 g/mol. The van der Waals surface area contributed by atoms with Crippen molar-refractivity contribution in [3.63, 3.8) is 0 Å². The Kier molecular flexibility index (Phi) is 5.33. The van der Waals surface area contributed by atoms with Crippen LogP contribution in [0.3, 0.4) is 0 Å². The molecule has 1 heterocycles. The highest BCUT2D eigenvalue weighted by Gasteiger charge is 2.31. The van der Waals surface area contributed by atoms with Crippen LogP contribution in [-0.4, -0.2) is 21.7 Å². The van der Waals surface area contributed by atoms with Gasteiger partial charge < -0.3 is 4.74 Å². The molecule has 1 amide bonds. The molecule has 2 aromatic rings. The molecule has 0 saturated carbocycles. The minimum absolute atomic E-state index is 0.0127. The molecule has 0 atom stereocenters. The van der Waals surface area contributed by atoms with Crippen LogP contribution in [0.15, 0.2) is 59.5 Å². The Labute approximate surface area is 151 Å². The van der Waals surface area contributed by atoms with Crippen LogP contribution in [0.1, 0.15) is 18.9 Å². The number of amides is 1. The topological polar surface area (TPSA) is 29.5 Å². The maximum absolute atomic E-state index is 12.4. The average Bonchev–Trinajstić information content (AvgIpc) is 2.84. The molecule has 0 spiro atoms. The number of rotatable bonds is 5. The first-order chi connectivity index (χ1) is 11.7. The monoisotopic (exact) mass is 355 g/mol. The number of thiocarbonyl (C=S) groups is 1. The summed E-state index contributed by atoms with van der Waals surface area (Å²) in [5.41, 5.74) is 0.917. The molecule has 122 valence electrons. The van der Waals surface area contributed by atoms with Gasteiger partial charge in [0.2, 0.25) is 0 Å². The molecule has 0 radical (unpaired) electrons. The second kappa shape index (κ2) is 7.64. The molecule has 1 aliphatic heterocycles. The Morgan fingerprint density at radius 3 is 2.62 bits per heavy atom. The van der Waals surface area contributed by atoms with Crippen molar-refractivity contribution < 1.29 is 9.53 Å². The van der Waals surface area contributed by atoms with E-state index < -0.39 is 0 Å². The summed E-state index contributed by atoms with van der Waals surface area (Å²) in [6.07, 6.45) is 2.76. The lowest BCUT2D eigenvalue weighted by molar-refractivity contribution is -0.122. The second-order valence-corrected chi connectivity index (χ2v) is 7.00. The van der Waals surface area contributed by atoms with Crippen LogP contribution in [0.25, 0.3) is 6.08 Å². The number of carbonyl (C=O) groups is 1. The van der Waals surface area contributed by atoms with Gasteiger partial charge in [0.1, 0.15) is 15.8 Å². The van der Waals surface area contributed by atoms with Crippen LogP contribution in [0, 0.1) is 0 Å². The zero-order chi connectivity index (χ0) is 16.9. The molecule has 24 heavy (non-hydrogen) atoms. The first-order valence-electron chi connectivity index (χ1n) is 7.75. The highest BCUT2D eigenvalue weighted by atomic mass is 32.2. The Morgan fingerprint density at radius 1 is 1.12 bits per heavy atom. The fourth-order valence-corrected chi connectivity index (χ4v) is 3.67. The summed E-state index contributed by atoms with van der Waals surface area (Å²) >= 11 is 6.65. The SMILES string of the molecule is CCCN1C(=O)C(=Cc2cccc(Oc3ccccc3)c2)SC1=S. The summed E-state index contributed by atoms with van der Waals surface area (Å²) in [6, 6.07) is 17.3. The molecule has 2 aromatic carbocycles. The van der Waals surface area contributed by atoms with Crippen molar-refractivity contribution in [2.45, 2.75) is 13.3 Å². The highest BCUT2D eigenvalue weighted by molar-refractivity contribution is 8.26. The van der Waals surface area contributed by atoms with Crippen molar-refractivity contribution >= 4 is 40.3 Å². The molecular weight excluding hydrogens is 338 g/mol. The van der Waals surface area contributed by atoms with Crippen molar-refractivity contribution in [2.75, 3.05) is 6.54 Å². The van der Waals surface area contributed by atoms with Gasteiger partial charge in [-0.25, -0.2) is 0 Å². The van der Waals surface area contributed by atoms with Gasteiger partial charge in [0.05, 0.1) is 4.91 Å². The molecular formula is C19H17NO2S2. The molecule has 1 saturated heterocycles. The van der Waals surface area contributed by atoms with Gasteiger partial charge >= 0.3 is 0 Å². The van der Waals surface area contributed by atoms with E-state index in [0.29, 0.717) is 15.8 Å². The largest absolute Gasteiger partial charge is 0.457 e. The smallest absolute Gasteiger partial charge is 0.266 e. The normalized spacial score (nSPS) is 16.0. The summed E-state index contributed by atoms with van der Waals surface area (Å²) < 4.78 is 6.46. The molecule has 1 aliphatic rings. The zero-order valence-corrected chi connectivity index (χ0v) is 14.9. The van der Waals surface area contributed by atoms with Crippen LogP contribution in [0.2, 0.25) is 0 Å². The van der Waals surface area contributed by atoms with Crippen LogP contribution in [-0.2, 0) is 4.79 Å². The molecule has 0 unspecified atom stereocenters. The fourth-order valence-electron chi connectivity index (χ4n) is 2.36. The van der Waals surface area contributed by atoms with Gasteiger partial charge in [-0.2, -0.15) is 0 Å². The third kappa shape index (κ3) is 3.86. The van der Waals surface area contributed by atoms with E-state index >= 15 is 0 Å². The van der Waals surface area contributed by atoms with E-state index in [4.69, 9.17) is 17.0 Å². The van der Waals surface area contributed by atoms with Crippen LogP contribution in [0.5, 0.6) is 11.5 Å². The third-order valence-electron chi connectivity index (χ3n) is 3.46. The van der Waals surface area contributed by atoms with Crippen molar-refractivity contribution in [3.05, 3.63) is 65.1 Å². The minimum atomic E-state index is -0.0127. The molecule has 5 heteroatoms. The first kappa shape index (κ1) is 16.7. The van der Waals surface area contributed by atoms with Gasteiger partial charge in [-0.05, 0) is 42.3 Å². The number of ether oxygens (including phenoxy) is 1. The number of hydrogen-bond donors (Lipinski definition) is 0. The van der Waals surface area contributed by atoms with Crippen molar-refractivity contribution in [1.29, 1.82) is 0 Å². The minimum Gasteiger partial charge on any atom is -0.457 e. The van der Waals surface area contributed by atoms with Crippen molar-refractivity contribution in [2.24, 2.45) is 0 Å². The summed E-state index contributed by atoms with van der Waals surface area (Å²) in [6.45, 7) is 2.70. The third-order valence-corrected chi connectivity index (χ3v) is 4.83. The van der Waals surface area contributed by atoms with Crippen molar-refractivity contribution in [1.82, 2.24) is 4.90 Å². The second-order valence-electron chi connectivity index (χ2n) is 5.32. The van der Waals surface area contributed by atoms with Gasteiger partial charge in [-0.3, -0.25) is 9.69 Å². The lowest BCUT2D eigenvalue weighted by Crippen LogP contribution is -2.28.